The predicted molar refractivity (Wildman–Crippen MR) is 104 cm³/mol. The molecular weight excluding hydrogens is 306 g/mol. The first-order valence-electron chi connectivity index (χ1n) is 8.52. The van der Waals surface area contributed by atoms with E-state index < -0.39 is 0 Å². The Morgan fingerprint density at radius 1 is 0.800 bits per heavy atom. The van der Waals surface area contributed by atoms with E-state index in [9.17, 15) is 0 Å². The van der Waals surface area contributed by atoms with Gasteiger partial charge in [-0.3, -0.25) is 0 Å². The Morgan fingerprint density at radius 3 is 2.20 bits per heavy atom. The lowest BCUT2D eigenvalue weighted by atomic mass is 9.98. The molecule has 3 aromatic carbocycles. The molecule has 0 aliphatic carbocycles. The molecular formula is C23H21NO. The Hall–Kier alpha value is -3.00. The molecule has 0 aliphatic rings. The number of nitrogens with zero attached hydrogens (tertiary/aromatic N) is 1. The van der Waals surface area contributed by atoms with Crippen molar-refractivity contribution < 1.29 is 4.74 Å². The Labute approximate surface area is 148 Å². The summed E-state index contributed by atoms with van der Waals surface area (Å²) in [5.41, 5.74) is 6.44. The maximum Gasteiger partial charge on any atom is 0.118 e. The Kier molecular flexibility index (Phi) is 4.02. The predicted octanol–water partition coefficient (Wildman–Crippen LogP) is 5.44. The highest BCUT2D eigenvalue weighted by atomic mass is 16.5. The zero-order chi connectivity index (χ0) is 17.2. The van der Waals surface area contributed by atoms with Gasteiger partial charge in [-0.25, -0.2) is 0 Å². The molecule has 0 spiro atoms. The minimum atomic E-state index is 0.882. The van der Waals surface area contributed by atoms with Crippen LogP contribution in [-0.2, 0) is 13.5 Å². The lowest BCUT2D eigenvalue weighted by molar-refractivity contribution is 0.415. The summed E-state index contributed by atoms with van der Waals surface area (Å²) >= 11 is 0. The van der Waals surface area contributed by atoms with Gasteiger partial charge < -0.3 is 9.30 Å². The second-order valence-corrected chi connectivity index (χ2v) is 6.29. The highest BCUT2D eigenvalue weighted by molar-refractivity contribution is 5.92. The minimum absolute atomic E-state index is 0.882. The summed E-state index contributed by atoms with van der Waals surface area (Å²) in [6.45, 7) is 0. The smallest absolute Gasteiger partial charge is 0.118 e. The van der Waals surface area contributed by atoms with Gasteiger partial charge in [0.15, 0.2) is 0 Å². The van der Waals surface area contributed by atoms with Crippen LogP contribution in [0.4, 0.5) is 0 Å². The number of rotatable bonds is 4. The summed E-state index contributed by atoms with van der Waals surface area (Å²) in [5.74, 6) is 0.882. The molecule has 2 nitrogen and oxygen atoms in total. The average Bonchev–Trinajstić information content (AvgIpc) is 2.95. The van der Waals surface area contributed by atoms with Gasteiger partial charge in [0, 0.05) is 24.4 Å². The molecule has 0 saturated carbocycles. The van der Waals surface area contributed by atoms with Gasteiger partial charge in [0.05, 0.1) is 12.8 Å². The molecule has 0 N–H and O–H groups in total. The molecule has 2 heteroatoms. The van der Waals surface area contributed by atoms with Gasteiger partial charge in [-0.2, -0.15) is 0 Å². The van der Waals surface area contributed by atoms with Crippen LogP contribution in [0, 0.1) is 0 Å². The zero-order valence-corrected chi connectivity index (χ0v) is 14.6. The van der Waals surface area contributed by atoms with E-state index in [0.717, 1.165) is 12.2 Å². The van der Waals surface area contributed by atoms with Crippen LogP contribution in [-0.4, -0.2) is 11.7 Å². The fraction of sp³-hybridized carbons (Fsp3) is 0.130. The molecule has 1 aromatic heterocycles. The summed E-state index contributed by atoms with van der Waals surface area (Å²) in [7, 11) is 3.85. The van der Waals surface area contributed by atoms with Crippen molar-refractivity contribution in [2.45, 2.75) is 6.42 Å². The molecule has 0 saturated heterocycles. The maximum atomic E-state index is 5.31. The summed E-state index contributed by atoms with van der Waals surface area (Å²) in [4.78, 5) is 0. The molecule has 4 rings (SSSR count). The quantitative estimate of drug-likeness (QED) is 0.486. The standard InChI is InChI=1S/C23H21NO/c1-24-22-11-7-6-10-20(22)21(16-17-8-4-3-5-9-17)23(24)18-12-14-19(25-2)15-13-18/h3-15H,16H2,1-2H3. The topological polar surface area (TPSA) is 14.2 Å². The fourth-order valence-corrected chi connectivity index (χ4v) is 3.57. The van der Waals surface area contributed by atoms with E-state index in [1.54, 1.807) is 7.11 Å². The Morgan fingerprint density at radius 2 is 1.48 bits per heavy atom. The number of hydrogen-bond donors (Lipinski definition) is 0. The number of aromatic nitrogens is 1. The molecule has 0 fully saturated rings. The van der Waals surface area contributed by atoms with E-state index in [-0.39, 0.29) is 0 Å². The Bertz CT molecular complexity index is 998. The van der Waals surface area contributed by atoms with Gasteiger partial charge in [-0.05, 0) is 47.0 Å². The summed E-state index contributed by atoms with van der Waals surface area (Å²) in [5, 5.41) is 1.32. The fourth-order valence-electron chi connectivity index (χ4n) is 3.57. The molecule has 25 heavy (non-hydrogen) atoms. The monoisotopic (exact) mass is 327 g/mol. The summed E-state index contributed by atoms with van der Waals surface area (Å²) < 4.78 is 7.61. The van der Waals surface area contributed by atoms with E-state index >= 15 is 0 Å². The molecule has 4 aromatic rings. The van der Waals surface area contributed by atoms with Crippen molar-refractivity contribution in [2.75, 3.05) is 7.11 Å². The number of hydrogen-bond acceptors (Lipinski definition) is 1. The average molecular weight is 327 g/mol. The first-order valence-corrected chi connectivity index (χ1v) is 8.52. The van der Waals surface area contributed by atoms with Crippen LogP contribution in [0.15, 0.2) is 78.9 Å². The van der Waals surface area contributed by atoms with Gasteiger partial charge in [0.1, 0.15) is 5.75 Å². The number of fused-ring (bicyclic) bond motifs is 1. The first kappa shape index (κ1) is 15.5. The number of benzene rings is 3. The van der Waals surface area contributed by atoms with Crippen molar-refractivity contribution in [3.63, 3.8) is 0 Å². The van der Waals surface area contributed by atoms with Gasteiger partial charge in [-0.1, -0.05) is 48.5 Å². The van der Waals surface area contributed by atoms with E-state index in [1.165, 1.54) is 33.3 Å². The Balaban J connectivity index is 1.92. The van der Waals surface area contributed by atoms with E-state index in [2.05, 4.69) is 78.3 Å². The van der Waals surface area contributed by atoms with Crippen molar-refractivity contribution in [1.82, 2.24) is 4.57 Å². The number of ether oxygens (including phenoxy) is 1. The molecule has 0 radical (unpaired) electrons. The van der Waals surface area contributed by atoms with Crippen LogP contribution in [0.25, 0.3) is 22.2 Å². The third-order valence-corrected chi connectivity index (χ3v) is 4.80. The van der Waals surface area contributed by atoms with E-state index in [1.807, 2.05) is 12.1 Å². The highest BCUT2D eigenvalue weighted by Crippen LogP contribution is 2.35. The van der Waals surface area contributed by atoms with Gasteiger partial charge in [0.25, 0.3) is 0 Å². The minimum Gasteiger partial charge on any atom is -0.497 e. The normalized spacial score (nSPS) is 11.0. The van der Waals surface area contributed by atoms with Gasteiger partial charge in [-0.15, -0.1) is 0 Å². The first-order chi connectivity index (χ1) is 12.3. The maximum absolute atomic E-state index is 5.31. The van der Waals surface area contributed by atoms with Crippen LogP contribution >= 0.6 is 0 Å². The van der Waals surface area contributed by atoms with Crippen LogP contribution < -0.4 is 4.74 Å². The molecule has 0 aliphatic heterocycles. The number of methoxy groups -OCH3 is 1. The van der Waals surface area contributed by atoms with Crippen LogP contribution in [0.2, 0.25) is 0 Å². The zero-order valence-electron chi connectivity index (χ0n) is 14.6. The van der Waals surface area contributed by atoms with Gasteiger partial charge in [0.2, 0.25) is 0 Å². The van der Waals surface area contributed by atoms with Crippen molar-refractivity contribution >= 4 is 10.9 Å². The second-order valence-electron chi connectivity index (χ2n) is 6.29. The van der Waals surface area contributed by atoms with Crippen molar-refractivity contribution in [1.29, 1.82) is 0 Å². The SMILES string of the molecule is COc1ccc(-c2c(Cc3ccccc3)c3ccccc3n2C)cc1. The third-order valence-electron chi connectivity index (χ3n) is 4.80. The molecule has 0 amide bonds. The molecule has 0 bridgehead atoms. The molecule has 1 heterocycles. The van der Waals surface area contributed by atoms with Crippen molar-refractivity contribution in [3.8, 4) is 17.0 Å². The number of para-hydroxylation sites is 1. The summed E-state index contributed by atoms with van der Waals surface area (Å²) in [6.07, 6.45) is 0.920. The van der Waals surface area contributed by atoms with Crippen LogP contribution in [0.3, 0.4) is 0 Å². The van der Waals surface area contributed by atoms with Crippen LogP contribution in [0.5, 0.6) is 5.75 Å². The number of aryl methyl sites for hydroxylation is 1. The van der Waals surface area contributed by atoms with Crippen molar-refractivity contribution in [2.24, 2.45) is 7.05 Å². The molecule has 0 atom stereocenters. The summed E-state index contributed by atoms with van der Waals surface area (Å²) in [6, 6.07) is 27.6. The van der Waals surface area contributed by atoms with Crippen LogP contribution in [0.1, 0.15) is 11.1 Å². The lowest BCUT2D eigenvalue weighted by Crippen LogP contribution is -1.95. The van der Waals surface area contributed by atoms with Gasteiger partial charge >= 0.3 is 0 Å². The van der Waals surface area contributed by atoms with E-state index in [4.69, 9.17) is 4.74 Å². The second kappa shape index (κ2) is 6.48. The van der Waals surface area contributed by atoms with E-state index in [0.29, 0.717) is 0 Å². The molecule has 124 valence electrons. The highest BCUT2D eigenvalue weighted by Gasteiger charge is 2.16. The third kappa shape index (κ3) is 2.80. The largest absolute Gasteiger partial charge is 0.497 e. The molecule has 0 unspecified atom stereocenters. The lowest BCUT2D eigenvalue weighted by Gasteiger charge is -2.10. The van der Waals surface area contributed by atoms with Crippen molar-refractivity contribution in [3.05, 3.63) is 90.0 Å².